The van der Waals surface area contributed by atoms with Crippen molar-refractivity contribution in [2.45, 2.75) is 39.3 Å². The van der Waals surface area contributed by atoms with Gasteiger partial charge in [0, 0.05) is 47.3 Å². The number of amides is 2. The summed E-state index contributed by atoms with van der Waals surface area (Å²) in [6, 6.07) is 24.3. The van der Waals surface area contributed by atoms with Crippen molar-refractivity contribution in [3.05, 3.63) is 101 Å². The lowest BCUT2D eigenvalue weighted by Gasteiger charge is -2.25. The molecule has 4 rings (SSSR count). The lowest BCUT2D eigenvalue weighted by Crippen LogP contribution is -2.49. The molecule has 0 saturated carbocycles. The molecule has 0 radical (unpaired) electrons. The molecular formula is C29H30ClN3O2. The Kier molecular flexibility index (Phi) is 7.57. The predicted molar refractivity (Wildman–Crippen MR) is 143 cm³/mol. The number of halogens is 1. The molecule has 3 aromatic carbocycles. The molecule has 5 nitrogen and oxygen atoms in total. The summed E-state index contributed by atoms with van der Waals surface area (Å²) >= 11 is 6.02. The highest BCUT2D eigenvalue weighted by Crippen LogP contribution is 2.26. The van der Waals surface area contributed by atoms with Gasteiger partial charge in [-0.15, -0.1) is 0 Å². The number of anilines is 1. The van der Waals surface area contributed by atoms with E-state index < -0.39 is 6.04 Å². The number of hydrogen-bond donors (Lipinski definition) is 1. The topological polar surface area (TPSA) is 54.3 Å². The second kappa shape index (κ2) is 10.8. The Bertz CT molecular complexity index is 1330. The van der Waals surface area contributed by atoms with E-state index in [1.165, 1.54) is 0 Å². The van der Waals surface area contributed by atoms with Crippen LogP contribution < -0.4 is 10.2 Å². The molecule has 0 aliphatic heterocycles. The number of likely N-dealkylation sites (N-methyl/N-ethyl adjacent to an activating group) is 1. The summed E-state index contributed by atoms with van der Waals surface area (Å²) in [5, 5.41) is 4.71. The number of nitrogens with zero attached hydrogens (tertiary/aromatic N) is 2. The molecule has 180 valence electrons. The van der Waals surface area contributed by atoms with Crippen LogP contribution in [-0.2, 0) is 29.0 Å². The van der Waals surface area contributed by atoms with E-state index in [0.29, 0.717) is 17.1 Å². The van der Waals surface area contributed by atoms with Gasteiger partial charge >= 0.3 is 0 Å². The molecule has 0 bridgehead atoms. The number of carbonyl (C=O) groups is 2. The maximum atomic E-state index is 13.5. The highest BCUT2D eigenvalue weighted by atomic mass is 35.5. The molecule has 1 N–H and O–H groups in total. The summed E-state index contributed by atoms with van der Waals surface area (Å²) in [6.07, 6.45) is 0.613. The Morgan fingerprint density at radius 2 is 1.63 bits per heavy atom. The molecule has 0 saturated heterocycles. The van der Waals surface area contributed by atoms with Gasteiger partial charge in [-0.2, -0.15) is 0 Å². The lowest BCUT2D eigenvalue weighted by molar-refractivity contribution is -0.127. The molecule has 6 heteroatoms. The number of hydrogen-bond acceptors (Lipinski definition) is 2. The van der Waals surface area contributed by atoms with Gasteiger partial charge in [0.1, 0.15) is 6.04 Å². The molecule has 0 aliphatic carbocycles. The molecule has 1 aromatic heterocycles. The van der Waals surface area contributed by atoms with Crippen LogP contribution in [0.25, 0.3) is 10.9 Å². The summed E-state index contributed by atoms with van der Waals surface area (Å²) in [6.45, 7) is 4.98. The van der Waals surface area contributed by atoms with Gasteiger partial charge in [-0.05, 0) is 55.3 Å². The summed E-state index contributed by atoms with van der Waals surface area (Å²) < 4.78 is 2.22. The summed E-state index contributed by atoms with van der Waals surface area (Å²) in [4.78, 5) is 28.4. The van der Waals surface area contributed by atoms with Gasteiger partial charge in [0.05, 0.1) is 6.42 Å². The van der Waals surface area contributed by atoms with E-state index in [2.05, 4.69) is 28.9 Å². The Balaban J connectivity index is 1.59. The first-order valence-electron chi connectivity index (χ1n) is 11.8. The predicted octanol–water partition coefficient (Wildman–Crippen LogP) is 5.56. The fraction of sp³-hybridized carbons (Fsp3) is 0.241. The van der Waals surface area contributed by atoms with Crippen molar-refractivity contribution in [1.29, 1.82) is 0 Å². The first kappa shape index (κ1) is 24.6. The molecular weight excluding hydrogens is 458 g/mol. The highest BCUT2D eigenvalue weighted by Gasteiger charge is 2.26. The first-order chi connectivity index (χ1) is 16.9. The van der Waals surface area contributed by atoms with E-state index in [0.717, 1.165) is 34.3 Å². The number of aryl methyl sites for hydroxylation is 1. The Morgan fingerprint density at radius 1 is 0.971 bits per heavy atom. The molecule has 0 unspecified atom stereocenters. The van der Waals surface area contributed by atoms with Crippen molar-refractivity contribution in [2.75, 3.05) is 11.9 Å². The van der Waals surface area contributed by atoms with Crippen LogP contribution in [-0.4, -0.2) is 29.5 Å². The largest absolute Gasteiger partial charge is 0.345 e. The van der Waals surface area contributed by atoms with Gasteiger partial charge < -0.3 is 14.8 Å². The van der Waals surface area contributed by atoms with Crippen LogP contribution in [0.1, 0.15) is 23.7 Å². The summed E-state index contributed by atoms with van der Waals surface area (Å²) in [5.74, 6) is -0.358. The van der Waals surface area contributed by atoms with E-state index in [1.54, 1.807) is 36.2 Å². The van der Waals surface area contributed by atoms with Crippen molar-refractivity contribution in [3.63, 3.8) is 0 Å². The van der Waals surface area contributed by atoms with Crippen LogP contribution in [0.15, 0.2) is 78.9 Å². The molecule has 0 aliphatic rings. The average molecular weight is 488 g/mol. The van der Waals surface area contributed by atoms with Crippen molar-refractivity contribution in [3.8, 4) is 0 Å². The minimum Gasteiger partial charge on any atom is -0.345 e. The van der Waals surface area contributed by atoms with Crippen LogP contribution in [0.3, 0.4) is 0 Å². The zero-order chi connectivity index (χ0) is 24.9. The van der Waals surface area contributed by atoms with E-state index in [-0.39, 0.29) is 18.2 Å². The molecule has 35 heavy (non-hydrogen) atoms. The molecule has 0 spiro atoms. The van der Waals surface area contributed by atoms with Crippen molar-refractivity contribution >= 4 is 40.0 Å². The van der Waals surface area contributed by atoms with Crippen LogP contribution in [0.5, 0.6) is 0 Å². The molecule has 4 aromatic rings. The third-order valence-corrected chi connectivity index (χ3v) is 6.73. The minimum absolute atomic E-state index is 0.175. The number of fused-ring (bicyclic) bond motifs is 1. The Hall–Kier alpha value is -3.57. The molecule has 1 heterocycles. The van der Waals surface area contributed by atoms with Gasteiger partial charge in [-0.3, -0.25) is 9.59 Å². The van der Waals surface area contributed by atoms with Gasteiger partial charge in [0.15, 0.2) is 0 Å². The molecule has 0 fully saturated rings. The maximum Gasteiger partial charge on any atom is 0.249 e. The van der Waals surface area contributed by atoms with Gasteiger partial charge in [0.25, 0.3) is 0 Å². The van der Waals surface area contributed by atoms with Crippen molar-refractivity contribution in [1.82, 2.24) is 9.88 Å². The van der Waals surface area contributed by atoms with Crippen LogP contribution in [0.2, 0.25) is 5.02 Å². The monoisotopic (exact) mass is 487 g/mol. The van der Waals surface area contributed by atoms with E-state index in [4.69, 9.17) is 11.6 Å². The highest BCUT2D eigenvalue weighted by molar-refractivity contribution is 6.30. The normalized spacial score (nSPS) is 11.9. The zero-order valence-electron chi connectivity index (χ0n) is 20.3. The smallest absolute Gasteiger partial charge is 0.249 e. The van der Waals surface area contributed by atoms with E-state index in [9.17, 15) is 9.59 Å². The lowest BCUT2D eigenvalue weighted by atomic mass is 10.0. The summed E-state index contributed by atoms with van der Waals surface area (Å²) in [7, 11) is 1.72. The fourth-order valence-electron chi connectivity index (χ4n) is 4.61. The third kappa shape index (κ3) is 5.41. The minimum atomic E-state index is -0.703. The van der Waals surface area contributed by atoms with Crippen LogP contribution in [0.4, 0.5) is 5.69 Å². The first-order valence-corrected chi connectivity index (χ1v) is 12.2. The Labute approximate surface area is 211 Å². The summed E-state index contributed by atoms with van der Waals surface area (Å²) in [5.41, 5.74) is 4.89. The average Bonchev–Trinajstić information content (AvgIpc) is 3.14. The van der Waals surface area contributed by atoms with Crippen LogP contribution in [0, 0.1) is 6.92 Å². The molecule has 2 amide bonds. The van der Waals surface area contributed by atoms with Gasteiger partial charge in [-0.1, -0.05) is 60.1 Å². The number of benzene rings is 3. The number of carbonyl (C=O) groups excluding carboxylic acids is 2. The van der Waals surface area contributed by atoms with E-state index >= 15 is 0 Å². The number of nitrogens with one attached hydrogen (secondary N) is 1. The number of rotatable bonds is 8. The second-order valence-electron chi connectivity index (χ2n) is 8.69. The van der Waals surface area contributed by atoms with E-state index in [1.807, 2.05) is 49.4 Å². The number of para-hydroxylation sites is 1. The second-order valence-corrected chi connectivity index (χ2v) is 9.12. The zero-order valence-corrected chi connectivity index (χ0v) is 21.0. The van der Waals surface area contributed by atoms with Crippen LogP contribution >= 0.6 is 11.6 Å². The molecule has 1 atom stereocenters. The third-order valence-electron chi connectivity index (χ3n) is 6.48. The quantitative estimate of drug-likeness (QED) is 0.354. The SMILES string of the molecule is CCn1c(C)c(CC(=O)N[C@@H](Cc2ccccc2)C(=O)N(C)c2ccc(Cl)cc2)c2ccccc21. The van der Waals surface area contributed by atoms with Gasteiger partial charge in [-0.25, -0.2) is 0 Å². The maximum absolute atomic E-state index is 13.5. The van der Waals surface area contributed by atoms with Gasteiger partial charge in [0.2, 0.25) is 11.8 Å². The van der Waals surface area contributed by atoms with Crippen molar-refractivity contribution in [2.24, 2.45) is 0 Å². The standard InChI is InChI=1S/C29H30ClN3O2/c1-4-33-20(2)25(24-12-8-9-13-27(24)33)19-28(34)31-26(18-21-10-6-5-7-11-21)29(35)32(3)23-16-14-22(30)15-17-23/h5-17,26H,4,18-19H2,1-3H3,(H,31,34)/t26-/m0/s1. The van der Waals surface area contributed by atoms with Crippen molar-refractivity contribution < 1.29 is 9.59 Å². The number of aromatic nitrogens is 1. The fourth-order valence-corrected chi connectivity index (χ4v) is 4.74. The Morgan fingerprint density at radius 3 is 2.31 bits per heavy atom.